The number of aryl methyl sites for hydroxylation is 1. The first-order chi connectivity index (χ1) is 11.8. The highest BCUT2D eigenvalue weighted by atomic mass is 79.9. The molecule has 0 atom stereocenters. The molecule has 0 saturated heterocycles. The van der Waals surface area contributed by atoms with E-state index in [0.29, 0.717) is 5.56 Å². The molecule has 0 radical (unpaired) electrons. The van der Waals surface area contributed by atoms with E-state index in [9.17, 15) is 9.59 Å². The molecule has 2 N–H and O–H groups in total. The zero-order valence-corrected chi connectivity index (χ0v) is 16.5. The minimum absolute atomic E-state index is 0.0484. The summed E-state index contributed by atoms with van der Waals surface area (Å²) in [7, 11) is 1.70. The third kappa shape index (κ3) is 5.11. The van der Waals surface area contributed by atoms with Gasteiger partial charge in [-0.1, -0.05) is 22.0 Å². The molecule has 2 aromatic rings. The fourth-order valence-electron chi connectivity index (χ4n) is 2.02. The van der Waals surface area contributed by atoms with Crippen molar-refractivity contribution in [3.8, 4) is 0 Å². The summed E-state index contributed by atoms with van der Waals surface area (Å²) < 4.78 is 0.865. The fraction of sp³-hybridized carbons (Fsp3) is 0.167. The number of benzene rings is 2. The van der Waals surface area contributed by atoms with Gasteiger partial charge in [0, 0.05) is 35.4 Å². The van der Waals surface area contributed by atoms with E-state index in [1.54, 1.807) is 48.3 Å². The number of amides is 2. The molecule has 2 amide bonds. The minimum atomic E-state index is -0.286. The Morgan fingerprint density at radius 3 is 2.32 bits per heavy atom. The highest BCUT2D eigenvalue weighted by Gasteiger charge is 2.10. The molecule has 2 rings (SSSR count). The molecule has 0 unspecified atom stereocenters. The Kier molecular flexibility index (Phi) is 6.27. The maximum absolute atomic E-state index is 12.2. The van der Waals surface area contributed by atoms with Gasteiger partial charge in [0.25, 0.3) is 5.91 Å². The van der Waals surface area contributed by atoms with Gasteiger partial charge in [-0.25, -0.2) is 0 Å². The maximum Gasteiger partial charge on any atom is 0.257 e. The van der Waals surface area contributed by atoms with E-state index >= 15 is 0 Å². The summed E-state index contributed by atoms with van der Waals surface area (Å²) in [6, 6.07) is 12.5. The summed E-state index contributed by atoms with van der Waals surface area (Å²) in [6.45, 7) is 3.45. The molecule has 130 valence electrons. The van der Waals surface area contributed by atoms with E-state index in [1.807, 2.05) is 13.0 Å². The molecular weight excluding hydrogens is 402 g/mol. The molecule has 0 bridgehead atoms. The number of carbonyl (C=O) groups excluding carboxylic acids is 2. The molecular formula is C18H18BrN3O2S. The van der Waals surface area contributed by atoms with Gasteiger partial charge in [-0.3, -0.25) is 14.9 Å². The average molecular weight is 420 g/mol. The summed E-state index contributed by atoms with van der Waals surface area (Å²) in [4.78, 5) is 25.1. The molecule has 0 aliphatic heterocycles. The van der Waals surface area contributed by atoms with Gasteiger partial charge in [-0.15, -0.1) is 0 Å². The van der Waals surface area contributed by atoms with Crippen LogP contribution in [0, 0.1) is 6.92 Å². The number of anilines is 2. The average Bonchev–Trinajstić information content (AvgIpc) is 2.57. The van der Waals surface area contributed by atoms with Crippen LogP contribution in [0.4, 0.5) is 11.4 Å². The largest absolute Gasteiger partial charge is 0.332 e. The smallest absolute Gasteiger partial charge is 0.257 e. The molecule has 0 aliphatic carbocycles. The highest BCUT2D eigenvalue weighted by molar-refractivity contribution is 9.10. The number of nitrogens with zero attached hydrogens (tertiary/aromatic N) is 1. The second-order valence-electron chi connectivity index (χ2n) is 5.50. The van der Waals surface area contributed by atoms with Crippen LogP contribution in [-0.4, -0.2) is 24.0 Å². The van der Waals surface area contributed by atoms with Crippen molar-refractivity contribution in [1.29, 1.82) is 0 Å². The van der Waals surface area contributed by atoms with E-state index in [2.05, 4.69) is 26.6 Å². The molecule has 7 heteroatoms. The molecule has 0 heterocycles. The number of rotatable bonds is 3. The lowest BCUT2D eigenvalue weighted by Gasteiger charge is -2.16. The standard InChI is InChI=1S/C18H18BrN3O2S/c1-11-4-5-13(10-16(11)19)17(24)21-18(25)20-14-6-8-15(9-7-14)22(3)12(2)23/h4-10H,1-3H3,(H2,20,21,24,25). The maximum atomic E-state index is 12.2. The van der Waals surface area contributed by atoms with Gasteiger partial charge < -0.3 is 10.2 Å². The molecule has 0 aromatic heterocycles. The number of hydrogen-bond acceptors (Lipinski definition) is 3. The van der Waals surface area contributed by atoms with Crippen molar-refractivity contribution in [3.05, 3.63) is 58.1 Å². The second-order valence-corrected chi connectivity index (χ2v) is 6.76. The zero-order chi connectivity index (χ0) is 18.6. The Hall–Kier alpha value is -2.25. The highest BCUT2D eigenvalue weighted by Crippen LogP contribution is 2.18. The Morgan fingerprint density at radius 2 is 1.76 bits per heavy atom. The Labute approximate surface area is 160 Å². The van der Waals surface area contributed by atoms with Crippen molar-refractivity contribution >= 4 is 56.4 Å². The lowest BCUT2D eigenvalue weighted by Crippen LogP contribution is -2.34. The van der Waals surface area contributed by atoms with Crippen LogP contribution in [0.15, 0.2) is 46.9 Å². The number of thiocarbonyl (C=S) groups is 1. The van der Waals surface area contributed by atoms with Gasteiger partial charge in [0.1, 0.15) is 0 Å². The van der Waals surface area contributed by atoms with Crippen LogP contribution in [0.3, 0.4) is 0 Å². The van der Waals surface area contributed by atoms with E-state index in [-0.39, 0.29) is 16.9 Å². The van der Waals surface area contributed by atoms with E-state index in [1.165, 1.54) is 6.92 Å². The predicted molar refractivity (Wildman–Crippen MR) is 108 cm³/mol. The first-order valence-corrected chi connectivity index (χ1v) is 8.71. The molecule has 0 spiro atoms. The lowest BCUT2D eigenvalue weighted by molar-refractivity contribution is -0.116. The molecule has 0 aliphatic rings. The van der Waals surface area contributed by atoms with Gasteiger partial charge >= 0.3 is 0 Å². The Bertz CT molecular complexity index is 822. The van der Waals surface area contributed by atoms with Gasteiger partial charge in [0.15, 0.2) is 5.11 Å². The van der Waals surface area contributed by atoms with Crippen LogP contribution in [-0.2, 0) is 4.79 Å². The van der Waals surface area contributed by atoms with E-state index in [0.717, 1.165) is 21.4 Å². The van der Waals surface area contributed by atoms with Crippen LogP contribution in [0.25, 0.3) is 0 Å². The van der Waals surface area contributed by atoms with E-state index < -0.39 is 0 Å². The Balaban J connectivity index is 1.98. The molecule has 2 aromatic carbocycles. The van der Waals surface area contributed by atoms with Gasteiger partial charge in [0.2, 0.25) is 5.91 Å². The van der Waals surface area contributed by atoms with Crippen molar-refractivity contribution < 1.29 is 9.59 Å². The van der Waals surface area contributed by atoms with E-state index in [4.69, 9.17) is 12.2 Å². The fourth-order valence-corrected chi connectivity index (χ4v) is 2.61. The van der Waals surface area contributed by atoms with Gasteiger partial charge in [-0.05, 0) is 61.1 Å². The number of halogens is 1. The summed E-state index contributed by atoms with van der Waals surface area (Å²) in [5.74, 6) is -0.334. The van der Waals surface area contributed by atoms with Crippen LogP contribution < -0.4 is 15.5 Å². The van der Waals surface area contributed by atoms with Crippen LogP contribution >= 0.6 is 28.1 Å². The minimum Gasteiger partial charge on any atom is -0.332 e. The van der Waals surface area contributed by atoms with Crippen molar-refractivity contribution in [3.63, 3.8) is 0 Å². The zero-order valence-electron chi connectivity index (χ0n) is 14.1. The van der Waals surface area contributed by atoms with Gasteiger partial charge in [-0.2, -0.15) is 0 Å². The second kappa shape index (κ2) is 8.22. The first kappa shape index (κ1) is 19.1. The lowest BCUT2D eigenvalue weighted by atomic mass is 10.1. The normalized spacial score (nSPS) is 10.1. The first-order valence-electron chi connectivity index (χ1n) is 7.51. The number of carbonyl (C=O) groups is 2. The topological polar surface area (TPSA) is 61.4 Å². The summed E-state index contributed by atoms with van der Waals surface area (Å²) in [5.41, 5.74) is 3.06. The van der Waals surface area contributed by atoms with Crippen LogP contribution in [0.1, 0.15) is 22.8 Å². The van der Waals surface area contributed by atoms with Crippen LogP contribution in [0.2, 0.25) is 0 Å². The third-order valence-corrected chi connectivity index (χ3v) is 4.70. The predicted octanol–water partition coefficient (Wildman–Crippen LogP) is 3.87. The molecule has 0 saturated carbocycles. The SMILES string of the molecule is CC(=O)N(C)c1ccc(NC(=S)NC(=O)c2ccc(C)c(Br)c2)cc1. The number of hydrogen-bond donors (Lipinski definition) is 2. The summed E-state index contributed by atoms with van der Waals surface area (Å²) in [6.07, 6.45) is 0. The van der Waals surface area contributed by atoms with Crippen LogP contribution in [0.5, 0.6) is 0 Å². The van der Waals surface area contributed by atoms with Crippen molar-refractivity contribution in [1.82, 2.24) is 5.32 Å². The van der Waals surface area contributed by atoms with Crippen molar-refractivity contribution in [2.45, 2.75) is 13.8 Å². The molecule has 5 nitrogen and oxygen atoms in total. The summed E-state index contributed by atoms with van der Waals surface area (Å²) in [5, 5.41) is 5.79. The summed E-state index contributed by atoms with van der Waals surface area (Å²) >= 11 is 8.58. The van der Waals surface area contributed by atoms with Crippen molar-refractivity contribution in [2.75, 3.05) is 17.3 Å². The monoisotopic (exact) mass is 419 g/mol. The molecule has 0 fully saturated rings. The Morgan fingerprint density at radius 1 is 1.12 bits per heavy atom. The number of nitrogens with one attached hydrogen (secondary N) is 2. The van der Waals surface area contributed by atoms with Crippen molar-refractivity contribution in [2.24, 2.45) is 0 Å². The molecule has 25 heavy (non-hydrogen) atoms. The van der Waals surface area contributed by atoms with Gasteiger partial charge in [0.05, 0.1) is 0 Å². The quantitative estimate of drug-likeness (QED) is 0.741. The third-order valence-electron chi connectivity index (χ3n) is 3.65.